The fraction of sp³-hybridized carbons (Fsp3) is 0.533. The normalized spacial score (nSPS) is 19.7. The zero-order valence-corrected chi connectivity index (χ0v) is 16.4. The second-order valence-corrected chi connectivity index (χ2v) is 9.42. The van der Waals surface area contributed by atoms with Crippen LogP contribution in [0.15, 0.2) is 33.6 Å². The Labute approximate surface area is 155 Å². The topological polar surface area (TPSA) is 86.7 Å². The first-order chi connectivity index (χ1) is 11.1. The maximum absolute atomic E-state index is 12.6. The fourth-order valence-corrected chi connectivity index (χ4v) is 4.25. The van der Waals surface area contributed by atoms with Gasteiger partial charge in [-0.3, -0.25) is 4.79 Å². The van der Waals surface area contributed by atoms with Gasteiger partial charge in [-0.15, -0.1) is 11.6 Å². The average Bonchev–Trinajstić information content (AvgIpc) is 2.53. The Morgan fingerprint density at radius 1 is 1.38 bits per heavy atom. The lowest BCUT2D eigenvalue weighted by Crippen LogP contribution is -2.52. The van der Waals surface area contributed by atoms with Crippen molar-refractivity contribution in [3.8, 4) is 0 Å². The molecule has 6 nitrogen and oxygen atoms in total. The first kappa shape index (κ1) is 19.7. The lowest BCUT2D eigenvalue weighted by molar-refractivity contribution is -0.122. The number of aliphatic hydroxyl groups is 1. The molecule has 1 saturated heterocycles. The van der Waals surface area contributed by atoms with Gasteiger partial charge in [-0.05, 0) is 44.0 Å². The third-order valence-electron chi connectivity index (χ3n) is 4.06. The van der Waals surface area contributed by atoms with E-state index in [9.17, 15) is 18.3 Å². The van der Waals surface area contributed by atoms with Crippen LogP contribution in [-0.4, -0.2) is 54.3 Å². The van der Waals surface area contributed by atoms with Crippen LogP contribution in [0.5, 0.6) is 0 Å². The third kappa shape index (κ3) is 4.70. The number of piperidine rings is 1. The number of carbonyl (C=O) groups is 1. The van der Waals surface area contributed by atoms with Crippen molar-refractivity contribution in [3.05, 3.63) is 28.7 Å². The molecule has 0 aromatic heterocycles. The van der Waals surface area contributed by atoms with Gasteiger partial charge in [0.25, 0.3) is 0 Å². The Balaban J connectivity index is 1.98. The predicted octanol–water partition coefficient (Wildman–Crippen LogP) is 1.71. The Kier molecular flexibility index (Phi) is 6.30. The van der Waals surface area contributed by atoms with Crippen molar-refractivity contribution in [1.29, 1.82) is 0 Å². The predicted molar refractivity (Wildman–Crippen MR) is 95.4 cm³/mol. The second kappa shape index (κ2) is 7.70. The van der Waals surface area contributed by atoms with E-state index in [4.69, 9.17) is 11.6 Å². The van der Waals surface area contributed by atoms with E-state index in [-0.39, 0.29) is 43.3 Å². The molecule has 1 aliphatic rings. The Morgan fingerprint density at radius 2 is 1.92 bits per heavy atom. The zero-order valence-electron chi connectivity index (χ0n) is 13.2. The van der Waals surface area contributed by atoms with Gasteiger partial charge in [0.15, 0.2) is 0 Å². The van der Waals surface area contributed by atoms with Crippen LogP contribution in [0.2, 0.25) is 0 Å². The minimum absolute atomic E-state index is 0.0645. The number of hydrogen-bond donors (Lipinski definition) is 2. The molecule has 2 N–H and O–H groups in total. The van der Waals surface area contributed by atoms with E-state index in [1.54, 1.807) is 31.2 Å². The molecule has 1 aliphatic heterocycles. The summed E-state index contributed by atoms with van der Waals surface area (Å²) in [6.45, 7) is 2.01. The van der Waals surface area contributed by atoms with Crippen molar-refractivity contribution in [2.24, 2.45) is 0 Å². The standard InChI is InChI=1S/C15H20BrClN2O4S/c1-11(17)14(20)18-10-15(21)6-8-19(9-7-15)24(22,23)13-4-2-12(16)3-5-13/h2-5,11,21H,6-10H2,1H3,(H,18,20). The van der Waals surface area contributed by atoms with Crippen LogP contribution in [0.1, 0.15) is 19.8 Å². The molecule has 1 atom stereocenters. The summed E-state index contributed by atoms with van der Waals surface area (Å²) >= 11 is 8.95. The summed E-state index contributed by atoms with van der Waals surface area (Å²) in [7, 11) is -3.58. The molecule has 0 bridgehead atoms. The van der Waals surface area contributed by atoms with Crippen molar-refractivity contribution in [2.45, 2.75) is 35.6 Å². The molecule has 1 amide bonds. The van der Waals surface area contributed by atoms with Gasteiger partial charge in [-0.2, -0.15) is 4.31 Å². The quantitative estimate of drug-likeness (QED) is 0.684. The number of alkyl halides is 1. The SMILES string of the molecule is CC(Cl)C(=O)NCC1(O)CCN(S(=O)(=O)c2ccc(Br)cc2)CC1. The molecule has 1 fully saturated rings. The molecule has 0 saturated carbocycles. The molecular formula is C15H20BrClN2O4S. The van der Waals surface area contributed by atoms with E-state index in [0.29, 0.717) is 0 Å². The highest BCUT2D eigenvalue weighted by Gasteiger charge is 2.37. The molecule has 2 rings (SSSR count). The van der Waals surface area contributed by atoms with Crippen molar-refractivity contribution < 1.29 is 18.3 Å². The highest BCUT2D eigenvalue weighted by molar-refractivity contribution is 9.10. The number of benzene rings is 1. The molecule has 0 aliphatic carbocycles. The number of carbonyl (C=O) groups excluding carboxylic acids is 1. The van der Waals surface area contributed by atoms with Gasteiger partial charge in [-0.1, -0.05) is 15.9 Å². The number of sulfonamides is 1. The molecule has 9 heteroatoms. The van der Waals surface area contributed by atoms with E-state index >= 15 is 0 Å². The summed E-state index contributed by atoms with van der Waals surface area (Å²) < 4.78 is 27.4. The van der Waals surface area contributed by atoms with Crippen molar-refractivity contribution in [1.82, 2.24) is 9.62 Å². The van der Waals surface area contributed by atoms with E-state index in [1.165, 1.54) is 4.31 Å². The van der Waals surface area contributed by atoms with Crippen LogP contribution in [0, 0.1) is 0 Å². The molecule has 1 heterocycles. The van der Waals surface area contributed by atoms with Crippen LogP contribution < -0.4 is 5.32 Å². The summed E-state index contributed by atoms with van der Waals surface area (Å²) in [6.07, 6.45) is 0.499. The van der Waals surface area contributed by atoms with Crippen LogP contribution in [-0.2, 0) is 14.8 Å². The van der Waals surface area contributed by atoms with Crippen molar-refractivity contribution in [2.75, 3.05) is 19.6 Å². The largest absolute Gasteiger partial charge is 0.388 e. The monoisotopic (exact) mass is 438 g/mol. The van der Waals surface area contributed by atoms with Gasteiger partial charge in [0.05, 0.1) is 10.5 Å². The Hall–Kier alpha value is -0.670. The fourth-order valence-electron chi connectivity index (χ4n) is 2.47. The maximum Gasteiger partial charge on any atom is 0.243 e. The summed E-state index contributed by atoms with van der Waals surface area (Å²) in [5.74, 6) is -0.352. The second-order valence-electron chi connectivity index (χ2n) is 5.92. The lowest BCUT2D eigenvalue weighted by Gasteiger charge is -2.37. The van der Waals surface area contributed by atoms with Crippen molar-refractivity contribution in [3.63, 3.8) is 0 Å². The number of hydrogen-bond acceptors (Lipinski definition) is 4. The highest BCUT2D eigenvalue weighted by atomic mass is 79.9. The molecule has 1 aromatic rings. The zero-order chi connectivity index (χ0) is 18.0. The van der Waals surface area contributed by atoms with Gasteiger partial charge in [-0.25, -0.2) is 8.42 Å². The Morgan fingerprint density at radius 3 is 2.42 bits per heavy atom. The maximum atomic E-state index is 12.6. The lowest BCUT2D eigenvalue weighted by atomic mass is 9.92. The first-order valence-electron chi connectivity index (χ1n) is 7.54. The summed E-state index contributed by atoms with van der Waals surface area (Å²) in [5.41, 5.74) is -1.12. The molecule has 0 spiro atoms. The molecular weight excluding hydrogens is 420 g/mol. The van der Waals surface area contributed by atoms with Gasteiger partial charge in [0, 0.05) is 24.1 Å². The Bertz CT molecular complexity index is 686. The number of halogens is 2. The van der Waals surface area contributed by atoms with Gasteiger partial charge < -0.3 is 10.4 Å². The first-order valence-corrected chi connectivity index (χ1v) is 10.2. The van der Waals surface area contributed by atoms with Gasteiger partial charge in [0.2, 0.25) is 15.9 Å². The highest BCUT2D eigenvalue weighted by Crippen LogP contribution is 2.27. The molecule has 134 valence electrons. The van der Waals surface area contributed by atoms with Crippen LogP contribution in [0.3, 0.4) is 0 Å². The van der Waals surface area contributed by atoms with Gasteiger partial charge >= 0.3 is 0 Å². The smallest absolute Gasteiger partial charge is 0.243 e. The molecule has 1 aromatic carbocycles. The van der Waals surface area contributed by atoms with Gasteiger partial charge in [0.1, 0.15) is 5.38 Å². The van der Waals surface area contributed by atoms with E-state index in [0.717, 1.165) is 4.47 Å². The van der Waals surface area contributed by atoms with Crippen LogP contribution >= 0.6 is 27.5 Å². The molecule has 24 heavy (non-hydrogen) atoms. The average molecular weight is 440 g/mol. The summed E-state index contributed by atoms with van der Waals surface area (Å²) in [6, 6.07) is 6.44. The number of rotatable bonds is 5. The minimum atomic E-state index is -3.58. The van der Waals surface area contributed by atoms with Crippen molar-refractivity contribution >= 4 is 43.5 Å². The summed E-state index contributed by atoms with van der Waals surface area (Å²) in [4.78, 5) is 11.7. The minimum Gasteiger partial charge on any atom is -0.388 e. The molecule has 1 unspecified atom stereocenters. The van der Waals surface area contributed by atoms with E-state index < -0.39 is 21.0 Å². The third-order valence-corrected chi connectivity index (χ3v) is 6.70. The molecule has 0 radical (unpaired) electrons. The number of nitrogens with one attached hydrogen (secondary N) is 1. The van der Waals surface area contributed by atoms with E-state index in [2.05, 4.69) is 21.2 Å². The number of nitrogens with zero attached hydrogens (tertiary/aromatic N) is 1. The van der Waals surface area contributed by atoms with Crippen LogP contribution in [0.25, 0.3) is 0 Å². The van der Waals surface area contributed by atoms with Crippen LogP contribution in [0.4, 0.5) is 0 Å². The van der Waals surface area contributed by atoms with E-state index in [1.807, 2.05) is 0 Å². The number of amides is 1. The summed E-state index contributed by atoms with van der Waals surface area (Å²) in [5, 5.41) is 12.4.